The summed E-state index contributed by atoms with van der Waals surface area (Å²) in [6.45, 7) is 0. The maximum absolute atomic E-state index is 10.4. The molecule has 0 radical (unpaired) electrons. The van der Waals surface area contributed by atoms with Crippen molar-refractivity contribution < 1.29 is 45.4 Å². The molecule has 3 nitrogen and oxygen atoms in total. The molecule has 5 heteroatoms. The van der Waals surface area contributed by atoms with Crippen LogP contribution < -0.4 is 43.5 Å². The Bertz CT molecular complexity index is 223. The van der Waals surface area contributed by atoms with E-state index in [0.29, 0.717) is 5.69 Å². The first-order valence-corrected chi connectivity index (χ1v) is 2.51. The van der Waals surface area contributed by atoms with E-state index in [1.165, 1.54) is 6.20 Å². The maximum atomic E-state index is 10.4. The fraction of sp³-hybridized carbons (Fsp3) is 0. The van der Waals surface area contributed by atoms with Crippen LogP contribution in [0.5, 0.6) is 0 Å². The standard InChI is InChI=1S/C6H6N2O.2Li.2H/c7-6(9)5-3-1-2-4-8-5;;;;/h1-4H,(H2,7,9);;;;/q;2*+1;2*-1. The van der Waals surface area contributed by atoms with Crippen LogP contribution in [0.15, 0.2) is 24.4 Å². The molecule has 0 saturated heterocycles. The van der Waals surface area contributed by atoms with Gasteiger partial charge in [-0.1, -0.05) is 6.07 Å². The molecule has 0 saturated carbocycles. The van der Waals surface area contributed by atoms with Crippen molar-refractivity contribution in [3.05, 3.63) is 30.1 Å². The molecule has 50 valence electrons. The largest absolute Gasteiger partial charge is 1.00 e. The first-order valence-electron chi connectivity index (χ1n) is 2.51. The number of primary amides is 1. The Morgan fingerprint density at radius 1 is 1.45 bits per heavy atom. The van der Waals surface area contributed by atoms with Crippen molar-refractivity contribution in [2.75, 3.05) is 0 Å². The predicted octanol–water partition coefficient (Wildman–Crippen LogP) is -5.59. The summed E-state index contributed by atoms with van der Waals surface area (Å²) >= 11 is 0. The monoisotopic (exact) mass is 138 g/mol. The second-order valence-corrected chi connectivity index (χ2v) is 1.58. The molecule has 0 fully saturated rings. The van der Waals surface area contributed by atoms with Crippen LogP contribution in [0.1, 0.15) is 13.3 Å². The molecule has 0 aromatic carbocycles. The zero-order valence-electron chi connectivity index (χ0n) is 8.74. The normalized spacial score (nSPS) is 7.27. The van der Waals surface area contributed by atoms with Gasteiger partial charge in [0.25, 0.3) is 5.91 Å². The summed E-state index contributed by atoms with van der Waals surface area (Å²) in [6, 6.07) is 5.02. The van der Waals surface area contributed by atoms with Gasteiger partial charge in [0, 0.05) is 6.20 Å². The summed E-state index contributed by atoms with van der Waals surface area (Å²) in [5, 5.41) is 0. The fourth-order valence-electron chi connectivity index (χ4n) is 0.509. The summed E-state index contributed by atoms with van der Waals surface area (Å²) in [6.07, 6.45) is 1.53. The zero-order chi connectivity index (χ0) is 6.69. The van der Waals surface area contributed by atoms with E-state index in [1.54, 1.807) is 18.2 Å². The van der Waals surface area contributed by atoms with Crippen LogP contribution in [-0.2, 0) is 0 Å². The molecule has 2 N–H and O–H groups in total. The molecule has 1 aromatic heterocycles. The second kappa shape index (κ2) is 6.52. The zero-order valence-corrected chi connectivity index (χ0v) is 6.74. The molecule has 1 rings (SSSR count). The van der Waals surface area contributed by atoms with Crippen LogP contribution in [-0.4, -0.2) is 10.9 Å². The van der Waals surface area contributed by atoms with Gasteiger partial charge in [-0.15, -0.1) is 0 Å². The number of amides is 1. The Kier molecular flexibility index (Phi) is 7.95. The number of carbonyl (C=O) groups is 1. The van der Waals surface area contributed by atoms with Crippen LogP contribution in [0.4, 0.5) is 0 Å². The van der Waals surface area contributed by atoms with E-state index in [2.05, 4.69) is 4.98 Å². The van der Waals surface area contributed by atoms with Gasteiger partial charge >= 0.3 is 37.7 Å². The van der Waals surface area contributed by atoms with Gasteiger partial charge in [0.1, 0.15) is 5.69 Å². The number of hydrogen-bond acceptors (Lipinski definition) is 2. The van der Waals surface area contributed by atoms with Crippen LogP contribution in [0, 0.1) is 0 Å². The van der Waals surface area contributed by atoms with Gasteiger partial charge in [-0.05, 0) is 12.1 Å². The number of nitrogens with zero attached hydrogens (tertiary/aromatic N) is 1. The smallest absolute Gasteiger partial charge is 1.00 e. The Morgan fingerprint density at radius 2 is 2.09 bits per heavy atom. The van der Waals surface area contributed by atoms with Gasteiger partial charge in [0.05, 0.1) is 0 Å². The number of nitrogens with two attached hydrogens (primary N) is 1. The number of hydrogen-bond donors (Lipinski definition) is 1. The first-order chi connectivity index (χ1) is 4.30. The third-order valence-corrected chi connectivity index (χ3v) is 0.917. The molecule has 0 bridgehead atoms. The van der Waals surface area contributed by atoms with Gasteiger partial charge in [0.15, 0.2) is 0 Å². The fourth-order valence-corrected chi connectivity index (χ4v) is 0.509. The van der Waals surface area contributed by atoms with Crippen molar-refractivity contribution in [1.29, 1.82) is 0 Å². The molecule has 0 atom stereocenters. The maximum Gasteiger partial charge on any atom is 1.00 e. The first kappa shape index (κ1) is 13.4. The Morgan fingerprint density at radius 3 is 2.36 bits per heavy atom. The molecule has 0 spiro atoms. The topological polar surface area (TPSA) is 56.0 Å². The Labute approximate surface area is 92.1 Å². The van der Waals surface area contributed by atoms with Crippen molar-refractivity contribution in [2.24, 2.45) is 5.73 Å². The van der Waals surface area contributed by atoms with E-state index in [0.717, 1.165) is 0 Å². The molecule has 0 aliphatic rings. The van der Waals surface area contributed by atoms with E-state index in [4.69, 9.17) is 5.73 Å². The van der Waals surface area contributed by atoms with Gasteiger partial charge in [-0.25, -0.2) is 0 Å². The Balaban J connectivity index is -0.000000101. The van der Waals surface area contributed by atoms with Gasteiger partial charge in [-0.2, -0.15) is 0 Å². The van der Waals surface area contributed by atoms with E-state index >= 15 is 0 Å². The quantitative estimate of drug-likeness (QED) is 0.393. The van der Waals surface area contributed by atoms with Gasteiger partial charge in [0.2, 0.25) is 0 Å². The van der Waals surface area contributed by atoms with Crippen LogP contribution >= 0.6 is 0 Å². The van der Waals surface area contributed by atoms with Crippen LogP contribution in [0.2, 0.25) is 0 Å². The predicted molar refractivity (Wildman–Crippen MR) is 35.0 cm³/mol. The van der Waals surface area contributed by atoms with Crippen molar-refractivity contribution >= 4 is 5.91 Å². The molecule has 0 aliphatic heterocycles. The molecule has 1 aromatic rings. The number of carbonyl (C=O) groups excluding carboxylic acids is 1. The molecule has 0 aliphatic carbocycles. The molecule has 0 unspecified atom stereocenters. The number of rotatable bonds is 1. The molecule has 1 heterocycles. The van der Waals surface area contributed by atoms with Gasteiger partial charge in [-0.3, -0.25) is 9.78 Å². The van der Waals surface area contributed by atoms with E-state index in [9.17, 15) is 4.79 Å². The Hall–Kier alpha value is -0.185. The van der Waals surface area contributed by atoms with Crippen LogP contribution in [0.3, 0.4) is 0 Å². The summed E-state index contributed by atoms with van der Waals surface area (Å²) < 4.78 is 0. The van der Waals surface area contributed by atoms with Crippen molar-refractivity contribution in [2.45, 2.75) is 0 Å². The third-order valence-electron chi connectivity index (χ3n) is 0.917. The average molecular weight is 138 g/mol. The number of pyridine rings is 1. The molecular formula is C6H8Li2N2O. The summed E-state index contributed by atoms with van der Waals surface area (Å²) in [4.78, 5) is 14.1. The number of aromatic nitrogens is 1. The molecular weight excluding hydrogens is 130 g/mol. The molecule has 1 amide bonds. The summed E-state index contributed by atoms with van der Waals surface area (Å²) in [5.74, 6) is -0.490. The minimum absolute atomic E-state index is 0. The van der Waals surface area contributed by atoms with Crippen molar-refractivity contribution in [3.63, 3.8) is 0 Å². The summed E-state index contributed by atoms with van der Waals surface area (Å²) in [7, 11) is 0. The van der Waals surface area contributed by atoms with E-state index in [1.807, 2.05) is 0 Å². The minimum Gasteiger partial charge on any atom is -1.00 e. The molecule has 11 heavy (non-hydrogen) atoms. The average Bonchev–Trinajstić information content (AvgIpc) is 1.90. The summed E-state index contributed by atoms with van der Waals surface area (Å²) in [5.41, 5.74) is 5.22. The minimum atomic E-state index is -0.490. The van der Waals surface area contributed by atoms with Crippen LogP contribution in [0.25, 0.3) is 0 Å². The third kappa shape index (κ3) is 4.29. The van der Waals surface area contributed by atoms with Crippen molar-refractivity contribution in [3.8, 4) is 0 Å². The van der Waals surface area contributed by atoms with E-state index in [-0.39, 0.29) is 40.6 Å². The van der Waals surface area contributed by atoms with Gasteiger partial charge < -0.3 is 8.59 Å². The SMILES string of the molecule is NC(=O)c1ccccn1.[H-].[H-].[Li+].[Li+]. The second-order valence-electron chi connectivity index (χ2n) is 1.58. The van der Waals surface area contributed by atoms with E-state index < -0.39 is 5.91 Å². The van der Waals surface area contributed by atoms with Crippen molar-refractivity contribution in [1.82, 2.24) is 4.98 Å².